The van der Waals surface area contributed by atoms with Crippen molar-refractivity contribution in [3.8, 4) is 0 Å². The molecule has 26 heavy (non-hydrogen) atoms. The minimum Gasteiger partial charge on any atom is -0.481 e. The summed E-state index contributed by atoms with van der Waals surface area (Å²) in [6.45, 7) is 2.11. The van der Waals surface area contributed by atoms with Crippen LogP contribution in [-0.2, 0) is 4.79 Å². The van der Waals surface area contributed by atoms with E-state index in [0.29, 0.717) is 25.7 Å². The maximum Gasteiger partial charge on any atom is 0.303 e. The fourth-order valence-electron chi connectivity index (χ4n) is 2.09. The van der Waals surface area contributed by atoms with Crippen molar-refractivity contribution in [2.45, 2.75) is 70.5 Å². The number of allylic oxidation sites excluding steroid dienone is 8. The van der Waals surface area contributed by atoms with Crippen molar-refractivity contribution in [2.24, 2.45) is 0 Å². The van der Waals surface area contributed by atoms with Gasteiger partial charge in [-0.2, -0.15) is 0 Å². The number of aliphatic hydroxyl groups is 2. The van der Waals surface area contributed by atoms with Crippen molar-refractivity contribution in [3.63, 3.8) is 0 Å². The van der Waals surface area contributed by atoms with E-state index in [2.05, 4.69) is 31.2 Å². The monoisotopic (exact) mass is 362 g/mol. The lowest BCUT2D eigenvalue weighted by Crippen LogP contribution is -2.24. The van der Waals surface area contributed by atoms with Gasteiger partial charge in [0.1, 0.15) is 0 Å². The number of aliphatic carboxylic acids is 1. The first kappa shape index (κ1) is 24.1. The van der Waals surface area contributed by atoms with Gasteiger partial charge >= 0.3 is 5.97 Å². The molecule has 0 aliphatic rings. The lowest BCUT2D eigenvalue weighted by atomic mass is 10.1. The fraction of sp³-hybridized carbons (Fsp3) is 0.500. The van der Waals surface area contributed by atoms with Crippen LogP contribution in [0.2, 0.25) is 0 Å². The van der Waals surface area contributed by atoms with Gasteiger partial charge in [-0.1, -0.05) is 67.7 Å². The lowest BCUT2D eigenvalue weighted by molar-refractivity contribution is -0.136. The zero-order valence-electron chi connectivity index (χ0n) is 15.8. The summed E-state index contributed by atoms with van der Waals surface area (Å²) in [4.78, 5) is 10.3. The van der Waals surface area contributed by atoms with Gasteiger partial charge in [0.25, 0.3) is 0 Å². The fourth-order valence-corrected chi connectivity index (χ4v) is 2.09. The summed E-state index contributed by atoms with van der Waals surface area (Å²) in [5, 5.41) is 28.3. The number of carboxylic acid groups (broad SMARTS) is 1. The normalized spacial score (nSPS) is 15.2. The van der Waals surface area contributed by atoms with Crippen LogP contribution in [0, 0.1) is 0 Å². The highest BCUT2D eigenvalue weighted by Gasteiger charge is 2.12. The highest BCUT2D eigenvalue weighted by Crippen LogP contribution is 2.06. The zero-order valence-corrected chi connectivity index (χ0v) is 15.8. The van der Waals surface area contributed by atoms with Crippen LogP contribution in [0.1, 0.15) is 58.3 Å². The van der Waals surface area contributed by atoms with E-state index >= 15 is 0 Å². The van der Waals surface area contributed by atoms with E-state index in [9.17, 15) is 15.0 Å². The van der Waals surface area contributed by atoms with Crippen molar-refractivity contribution in [3.05, 3.63) is 60.8 Å². The summed E-state index contributed by atoms with van der Waals surface area (Å²) in [6.07, 6.45) is 23.4. The van der Waals surface area contributed by atoms with Crippen molar-refractivity contribution < 1.29 is 20.1 Å². The molecule has 2 atom stereocenters. The van der Waals surface area contributed by atoms with Gasteiger partial charge in [0.05, 0.1) is 12.2 Å². The molecule has 0 saturated heterocycles. The van der Waals surface area contributed by atoms with Gasteiger partial charge in [0.15, 0.2) is 0 Å². The Morgan fingerprint density at radius 3 is 1.62 bits per heavy atom. The Balaban J connectivity index is 3.79. The molecular formula is C22H34O4. The first-order chi connectivity index (χ1) is 12.6. The molecular weight excluding hydrogens is 328 g/mol. The Morgan fingerprint density at radius 1 is 0.731 bits per heavy atom. The Kier molecular flexibility index (Phi) is 16.6. The van der Waals surface area contributed by atoms with E-state index in [1.165, 1.54) is 0 Å². The van der Waals surface area contributed by atoms with E-state index in [-0.39, 0.29) is 6.42 Å². The summed E-state index contributed by atoms with van der Waals surface area (Å²) in [5.41, 5.74) is 0. The van der Waals surface area contributed by atoms with E-state index in [1.54, 1.807) is 0 Å². The maximum atomic E-state index is 10.3. The molecule has 0 aliphatic heterocycles. The van der Waals surface area contributed by atoms with Gasteiger partial charge < -0.3 is 15.3 Å². The average molecular weight is 363 g/mol. The van der Waals surface area contributed by atoms with Gasteiger partial charge in [-0.05, 0) is 44.9 Å². The van der Waals surface area contributed by atoms with Crippen LogP contribution in [-0.4, -0.2) is 33.5 Å². The van der Waals surface area contributed by atoms with Gasteiger partial charge in [0, 0.05) is 6.42 Å². The summed E-state index contributed by atoms with van der Waals surface area (Å²) < 4.78 is 0. The smallest absolute Gasteiger partial charge is 0.303 e. The molecule has 4 nitrogen and oxygen atoms in total. The Labute approximate surface area is 157 Å². The number of hydrogen-bond donors (Lipinski definition) is 3. The summed E-state index contributed by atoms with van der Waals surface area (Å²) in [7, 11) is 0. The quantitative estimate of drug-likeness (QED) is 0.369. The molecule has 0 radical (unpaired) electrons. The molecule has 0 amide bonds. The second kappa shape index (κ2) is 17.9. The molecule has 0 heterocycles. The Morgan fingerprint density at radius 2 is 1.15 bits per heavy atom. The predicted molar refractivity (Wildman–Crippen MR) is 108 cm³/mol. The molecule has 0 spiro atoms. The highest BCUT2D eigenvalue weighted by atomic mass is 16.4. The van der Waals surface area contributed by atoms with Crippen molar-refractivity contribution in [1.29, 1.82) is 0 Å². The second-order valence-corrected chi connectivity index (χ2v) is 6.01. The number of carboxylic acids is 1. The minimum atomic E-state index is -0.795. The first-order valence-corrected chi connectivity index (χ1v) is 9.40. The van der Waals surface area contributed by atoms with E-state index in [1.807, 2.05) is 36.5 Å². The molecule has 0 aliphatic carbocycles. The van der Waals surface area contributed by atoms with Crippen LogP contribution >= 0.6 is 0 Å². The molecule has 0 unspecified atom stereocenters. The van der Waals surface area contributed by atoms with Crippen LogP contribution in [0.25, 0.3) is 0 Å². The first-order valence-electron chi connectivity index (χ1n) is 9.40. The molecule has 0 saturated carbocycles. The lowest BCUT2D eigenvalue weighted by Gasteiger charge is -2.14. The maximum absolute atomic E-state index is 10.3. The predicted octanol–water partition coefficient (Wildman–Crippen LogP) is 4.71. The Bertz CT molecular complexity index is 486. The largest absolute Gasteiger partial charge is 0.481 e. The van der Waals surface area contributed by atoms with E-state index in [0.717, 1.165) is 19.3 Å². The Hall–Kier alpha value is -1.91. The average Bonchev–Trinajstić information content (AvgIpc) is 2.61. The van der Waals surface area contributed by atoms with Crippen LogP contribution in [0.4, 0.5) is 0 Å². The molecule has 3 N–H and O–H groups in total. The van der Waals surface area contributed by atoms with Crippen molar-refractivity contribution in [1.82, 2.24) is 0 Å². The number of rotatable bonds is 15. The second-order valence-electron chi connectivity index (χ2n) is 6.01. The molecule has 0 fully saturated rings. The van der Waals surface area contributed by atoms with Gasteiger partial charge in [0.2, 0.25) is 0 Å². The van der Waals surface area contributed by atoms with Crippen LogP contribution < -0.4 is 0 Å². The van der Waals surface area contributed by atoms with Gasteiger partial charge in [-0.3, -0.25) is 4.79 Å². The van der Waals surface area contributed by atoms with Gasteiger partial charge in [-0.15, -0.1) is 0 Å². The third kappa shape index (κ3) is 16.9. The van der Waals surface area contributed by atoms with Gasteiger partial charge in [-0.25, -0.2) is 0 Å². The minimum absolute atomic E-state index is 0.143. The van der Waals surface area contributed by atoms with Crippen LogP contribution in [0.3, 0.4) is 0 Å². The van der Waals surface area contributed by atoms with Crippen LogP contribution in [0.15, 0.2) is 60.8 Å². The highest BCUT2D eigenvalue weighted by molar-refractivity contribution is 5.66. The molecule has 0 bridgehead atoms. The van der Waals surface area contributed by atoms with Crippen LogP contribution in [0.5, 0.6) is 0 Å². The number of hydrogen-bond acceptors (Lipinski definition) is 3. The summed E-state index contributed by atoms with van der Waals surface area (Å²) in [6, 6.07) is 0. The molecule has 0 aromatic heterocycles. The zero-order chi connectivity index (χ0) is 19.5. The number of aliphatic hydroxyl groups excluding tert-OH is 2. The molecule has 4 heteroatoms. The summed E-state index contributed by atoms with van der Waals surface area (Å²) in [5.74, 6) is -0.795. The number of carbonyl (C=O) groups is 1. The molecule has 0 rings (SSSR count). The molecule has 0 aromatic carbocycles. The SMILES string of the molecule is CC/C=C/C/C=C/C/C=C/C[C@@H](O)[C@@H](O)C/C=C/C/C=C/CCC(=O)O. The molecule has 146 valence electrons. The third-order valence-corrected chi connectivity index (χ3v) is 3.61. The van der Waals surface area contributed by atoms with Crippen molar-refractivity contribution in [2.75, 3.05) is 0 Å². The summed E-state index contributed by atoms with van der Waals surface area (Å²) >= 11 is 0. The van der Waals surface area contributed by atoms with Crippen molar-refractivity contribution >= 4 is 5.97 Å². The van der Waals surface area contributed by atoms with E-state index in [4.69, 9.17) is 5.11 Å². The molecule has 0 aromatic rings. The van der Waals surface area contributed by atoms with E-state index < -0.39 is 18.2 Å². The topological polar surface area (TPSA) is 77.8 Å². The standard InChI is InChI=1S/C22H34O4/c1-2-3-4-5-6-7-8-11-14-17-20(23)21(24)18-15-12-9-10-13-16-19-22(25)26/h3-4,6-7,10-15,20-21,23-24H,2,5,8-9,16-19H2,1H3,(H,25,26)/b4-3+,7-6+,13-10+,14-11+,15-12+/t20-,21+/m1/s1. The third-order valence-electron chi connectivity index (χ3n) is 3.61.